The Morgan fingerprint density at radius 3 is 2.20 bits per heavy atom. The SMILES string of the molecule is COc1ccccc1OCCC(C)(C)C. The summed E-state index contributed by atoms with van der Waals surface area (Å²) in [6.07, 6.45) is 1.03. The number of hydrogen-bond donors (Lipinski definition) is 0. The van der Waals surface area contributed by atoms with Crippen LogP contribution in [0, 0.1) is 5.41 Å². The Bertz CT molecular complexity index is 300. The van der Waals surface area contributed by atoms with Crippen LogP contribution < -0.4 is 9.47 Å². The molecule has 0 saturated heterocycles. The zero-order valence-electron chi connectivity index (χ0n) is 10.0. The van der Waals surface area contributed by atoms with Gasteiger partial charge in [0.1, 0.15) is 0 Å². The van der Waals surface area contributed by atoms with Crippen LogP contribution in [0.3, 0.4) is 0 Å². The molecule has 0 N–H and O–H groups in total. The van der Waals surface area contributed by atoms with Gasteiger partial charge >= 0.3 is 0 Å². The van der Waals surface area contributed by atoms with Gasteiger partial charge in [-0.1, -0.05) is 32.9 Å². The Morgan fingerprint density at radius 1 is 1.07 bits per heavy atom. The summed E-state index contributed by atoms with van der Waals surface area (Å²) < 4.78 is 10.9. The average molecular weight is 208 g/mol. The molecule has 0 atom stereocenters. The van der Waals surface area contributed by atoms with Crippen LogP contribution in [0.2, 0.25) is 0 Å². The van der Waals surface area contributed by atoms with E-state index in [9.17, 15) is 0 Å². The molecule has 0 fully saturated rings. The zero-order valence-corrected chi connectivity index (χ0v) is 10.0. The highest BCUT2D eigenvalue weighted by Gasteiger charge is 2.10. The second kappa shape index (κ2) is 5.06. The first-order chi connectivity index (χ1) is 7.03. The van der Waals surface area contributed by atoms with Crippen molar-refractivity contribution in [1.82, 2.24) is 0 Å². The van der Waals surface area contributed by atoms with Gasteiger partial charge in [0.15, 0.2) is 11.5 Å². The van der Waals surface area contributed by atoms with Crippen LogP contribution in [-0.2, 0) is 0 Å². The maximum Gasteiger partial charge on any atom is 0.161 e. The molecule has 84 valence electrons. The smallest absolute Gasteiger partial charge is 0.161 e. The highest BCUT2D eigenvalue weighted by Crippen LogP contribution is 2.27. The first-order valence-corrected chi connectivity index (χ1v) is 5.29. The van der Waals surface area contributed by atoms with E-state index in [2.05, 4.69) is 20.8 Å². The predicted octanol–water partition coefficient (Wildman–Crippen LogP) is 3.51. The van der Waals surface area contributed by atoms with Crippen LogP contribution in [0.5, 0.6) is 11.5 Å². The predicted molar refractivity (Wildman–Crippen MR) is 62.6 cm³/mol. The first-order valence-electron chi connectivity index (χ1n) is 5.29. The van der Waals surface area contributed by atoms with Gasteiger partial charge in [-0.3, -0.25) is 0 Å². The largest absolute Gasteiger partial charge is 0.493 e. The van der Waals surface area contributed by atoms with Gasteiger partial charge in [-0.05, 0) is 24.0 Å². The molecule has 0 radical (unpaired) electrons. The average Bonchev–Trinajstić information content (AvgIpc) is 2.16. The molecular formula is C13H20O2. The standard InChI is InChI=1S/C13H20O2/c1-13(2,3)9-10-15-12-8-6-5-7-11(12)14-4/h5-8H,9-10H2,1-4H3. The van der Waals surface area contributed by atoms with E-state index in [0.717, 1.165) is 24.5 Å². The minimum Gasteiger partial charge on any atom is -0.493 e. The van der Waals surface area contributed by atoms with Crippen LogP contribution in [-0.4, -0.2) is 13.7 Å². The van der Waals surface area contributed by atoms with E-state index in [1.165, 1.54) is 0 Å². The summed E-state index contributed by atoms with van der Waals surface area (Å²) in [6.45, 7) is 7.35. The molecule has 0 bridgehead atoms. The van der Waals surface area contributed by atoms with Crippen molar-refractivity contribution >= 4 is 0 Å². The third-order valence-electron chi connectivity index (χ3n) is 2.18. The fourth-order valence-electron chi connectivity index (χ4n) is 1.21. The number of para-hydroxylation sites is 2. The molecule has 1 aromatic carbocycles. The van der Waals surface area contributed by atoms with Crippen LogP contribution in [0.1, 0.15) is 27.2 Å². The molecule has 1 aromatic rings. The summed E-state index contributed by atoms with van der Waals surface area (Å²) in [5.41, 5.74) is 0.308. The van der Waals surface area contributed by atoms with Gasteiger partial charge in [-0.25, -0.2) is 0 Å². The lowest BCUT2D eigenvalue weighted by Gasteiger charge is -2.18. The fourth-order valence-corrected chi connectivity index (χ4v) is 1.21. The maximum atomic E-state index is 5.68. The molecular weight excluding hydrogens is 188 g/mol. The van der Waals surface area contributed by atoms with Crippen molar-refractivity contribution in [2.45, 2.75) is 27.2 Å². The molecule has 0 saturated carbocycles. The minimum atomic E-state index is 0.308. The van der Waals surface area contributed by atoms with Gasteiger partial charge < -0.3 is 9.47 Å². The van der Waals surface area contributed by atoms with Gasteiger partial charge in [-0.2, -0.15) is 0 Å². The quantitative estimate of drug-likeness (QED) is 0.753. The highest BCUT2D eigenvalue weighted by atomic mass is 16.5. The summed E-state index contributed by atoms with van der Waals surface area (Å²) in [7, 11) is 1.66. The maximum absolute atomic E-state index is 5.68. The molecule has 1 rings (SSSR count). The lowest BCUT2D eigenvalue weighted by atomic mass is 9.93. The van der Waals surface area contributed by atoms with E-state index in [0.29, 0.717) is 5.41 Å². The van der Waals surface area contributed by atoms with E-state index in [1.807, 2.05) is 24.3 Å². The van der Waals surface area contributed by atoms with Crippen molar-refractivity contribution in [3.05, 3.63) is 24.3 Å². The summed E-state index contributed by atoms with van der Waals surface area (Å²) in [6, 6.07) is 7.73. The summed E-state index contributed by atoms with van der Waals surface area (Å²) in [5, 5.41) is 0. The zero-order chi connectivity index (χ0) is 11.3. The van der Waals surface area contributed by atoms with Gasteiger partial charge in [0.25, 0.3) is 0 Å². The highest BCUT2D eigenvalue weighted by molar-refractivity contribution is 5.39. The van der Waals surface area contributed by atoms with Crippen LogP contribution >= 0.6 is 0 Å². The Balaban J connectivity index is 2.50. The third kappa shape index (κ3) is 4.24. The number of ether oxygens (including phenoxy) is 2. The number of hydrogen-bond acceptors (Lipinski definition) is 2. The van der Waals surface area contributed by atoms with Gasteiger partial charge in [0.05, 0.1) is 13.7 Å². The van der Waals surface area contributed by atoms with Crippen molar-refractivity contribution in [3.63, 3.8) is 0 Å². The minimum absolute atomic E-state index is 0.308. The van der Waals surface area contributed by atoms with Crippen LogP contribution in [0.25, 0.3) is 0 Å². The molecule has 0 unspecified atom stereocenters. The van der Waals surface area contributed by atoms with E-state index in [-0.39, 0.29) is 0 Å². The van der Waals surface area contributed by atoms with Crippen molar-refractivity contribution in [2.24, 2.45) is 5.41 Å². The molecule has 0 amide bonds. The fraction of sp³-hybridized carbons (Fsp3) is 0.538. The second-order valence-corrected chi connectivity index (χ2v) is 4.81. The van der Waals surface area contributed by atoms with E-state index in [1.54, 1.807) is 7.11 Å². The molecule has 2 nitrogen and oxygen atoms in total. The van der Waals surface area contributed by atoms with E-state index >= 15 is 0 Å². The molecule has 2 heteroatoms. The number of rotatable bonds is 4. The van der Waals surface area contributed by atoms with Crippen LogP contribution in [0.4, 0.5) is 0 Å². The molecule has 0 aliphatic rings. The molecule has 0 aliphatic carbocycles. The van der Waals surface area contributed by atoms with Gasteiger partial charge in [-0.15, -0.1) is 0 Å². The van der Waals surface area contributed by atoms with E-state index < -0.39 is 0 Å². The van der Waals surface area contributed by atoms with Crippen molar-refractivity contribution in [3.8, 4) is 11.5 Å². The third-order valence-corrected chi connectivity index (χ3v) is 2.18. The molecule has 0 spiro atoms. The van der Waals surface area contributed by atoms with Crippen molar-refractivity contribution in [1.29, 1.82) is 0 Å². The lowest BCUT2D eigenvalue weighted by molar-refractivity contribution is 0.234. The van der Waals surface area contributed by atoms with Crippen molar-refractivity contribution < 1.29 is 9.47 Å². The molecule has 0 heterocycles. The molecule has 0 aromatic heterocycles. The molecule has 15 heavy (non-hydrogen) atoms. The van der Waals surface area contributed by atoms with Gasteiger partial charge in [0, 0.05) is 0 Å². The normalized spacial score (nSPS) is 11.2. The Morgan fingerprint density at radius 2 is 1.67 bits per heavy atom. The Kier molecular flexibility index (Phi) is 4.01. The summed E-state index contributed by atoms with van der Waals surface area (Å²) >= 11 is 0. The second-order valence-electron chi connectivity index (χ2n) is 4.81. The summed E-state index contributed by atoms with van der Waals surface area (Å²) in [4.78, 5) is 0. The van der Waals surface area contributed by atoms with Gasteiger partial charge in [0.2, 0.25) is 0 Å². The number of benzene rings is 1. The topological polar surface area (TPSA) is 18.5 Å². The van der Waals surface area contributed by atoms with Crippen LogP contribution in [0.15, 0.2) is 24.3 Å². The lowest BCUT2D eigenvalue weighted by Crippen LogP contribution is -2.11. The number of methoxy groups -OCH3 is 1. The monoisotopic (exact) mass is 208 g/mol. The Labute approximate surface area is 92.2 Å². The first kappa shape index (κ1) is 11.9. The Hall–Kier alpha value is -1.18. The molecule has 0 aliphatic heterocycles. The summed E-state index contributed by atoms with van der Waals surface area (Å²) in [5.74, 6) is 1.62. The van der Waals surface area contributed by atoms with E-state index in [4.69, 9.17) is 9.47 Å². The van der Waals surface area contributed by atoms with Crippen molar-refractivity contribution in [2.75, 3.05) is 13.7 Å².